The zero-order valence-corrected chi connectivity index (χ0v) is 15.7. The quantitative estimate of drug-likeness (QED) is 0.489. The second-order valence-corrected chi connectivity index (χ2v) is 6.96. The van der Waals surface area contributed by atoms with Crippen molar-refractivity contribution < 1.29 is 36.5 Å². The first kappa shape index (κ1) is 21.7. The van der Waals surface area contributed by atoms with Crippen LogP contribution in [0.3, 0.4) is 0 Å². The minimum Gasteiger partial charge on any atom is -0.452 e. The van der Waals surface area contributed by atoms with Crippen LogP contribution in [-0.2, 0) is 38.2 Å². The van der Waals surface area contributed by atoms with Crippen LogP contribution in [0.2, 0.25) is 0 Å². The Morgan fingerprint density at radius 2 is 1.77 bits per heavy atom. The minimum absolute atomic E-state index is 0.0155. The summed E-state index contributed by atoms with van der Waals surface area (Å²) in [5.41, 5.74) is -0.0155. The summed E-state index contributed by atoms with van der Waals surface area (Å²) >= 11 is 0. The van der Waals surface area contributed by atoms with Crippen molar-refractivity contribution in [3.8, 4) is 0 Å². The average Bonchev–Trinajstić information content (AvgIpc) is 2.60. The van der Waals surface area contributed by atoms with Gasteiger partial charge >= 0.3 is 5.97 Å². The molecular weight excluding hydrogens is 366 g/mol. The molecule has 0 bridgehead atoms. The first-order chi connectivity index (χ1) is 12.1. The standard InChI is InChI=1S/C16H21NO8S/c1-10(18)13(25-16(20)11(2)23-3)9-15(19)17-12-7-5-6-8-14(12)26(21,22)24-4/h5-8,11,13H,9H2,1-4H3,(H,17,19). The summed E-state index contributed by atoms with van der Waals surface area (Å²) in [4.78, 5) is 35.3. The molecule has 1 aromatic rings. The highest BCUT2D eigenvalue weighted by molar-refractivity contribution is 7.87. The molecule has 0 fully saturated rings. The average molecular weight is 387 g/mol. The monoisotopic (exact) mass is 387 g/mol. The molecule has 2 unspecified atom stereocenters. The molecule has 2 atom stereocenters. The smallest absolute Gasteiger partial charge is 0.335 e. The van der Waals surface area contributed by atoms with E-state index < -0.39 is 46.4 Å². The number of carbonyl (C=O) groups is 3. The molecule has 1 N–H and O–H groups in total. The van der Waals surface area contributed by atoms with Gasteiger partial charge in [-0.15, -0.1) is 0 Å². The fraction of sp³-hybridized carbons (Fsp3) is 0.438. The summed E-state index contributed by atoms with van der Waals surface area (Å²) in [6, 6.07) is 5.61. The number of methoxy groups -OCH3 is 1. The number of hydrogen-bond acceptors (Lipinski definition) is 8. The summed E-state index contributed by atoms with van der Waals surface area (Å²) in [5.74, 6) is -2.03. The number of benzene rings is 1. The summed E-state index contributed by atoms with van der Waals surface area (Å²) in [7, 11) is -1.74. The van der Waals surface area contributed by atoms with E-state index in [1.54, 1.807) is 0 Å². The molecule has 144 valence electrons. The van der Waals surface area contributed by atoms with Crippen LogP contribution in [0.15, 0.2) is 29.2 Å². The van der Waals surface area contributed by atoms with Gasteiger partial charge in [0.25, 0.3) is 10.1 Å². The van der Waals surface area contributed by atoms with Crippen molar-refractivity contribution in [3.05, 3.63) is 24.3 Å². The number of esters is 1. The molecule has 0 aliphatic rings. The Labute approximate surface area is 151 Å². The van der Waals surface area contributed by atoms with Gasteiger partial charge in [0, 0.05) is 7.11 Å². The van der Waals surface area contributed by atoms with Crippen molar-refractivity contribution in [2.45, 2.75) is 37.4 Å². The predicted octanol–water partition coefficient (Wildman–Crippen LogP) is 0.886. The third kappa shape index (κ3) is 5.90. The molecule has 1 aromatic carbocycles. The van der Waals surface area contributed by atoms with Gasteiger partial charge in [0.15, 0.2) is 18.0 Å². The number of hydrogen-bond donors (Lipinski definition) is 1. The molecule has 10 heteroatoms. The summed E-state index contributed by atoms with van der Waals surface area (Å²) in [6.07, 6.45) is -2.68. The van der Waals surface area contributed by atoms with Gasteiger partial charge in [0.1, 0.15) is 4.90 Å². The Bertz CT molecular complexity index is 774. The highest BCUT2D eigenvalue weighted by Crippen LogP contribution is 2.22. The number of ketones is 1. The summed E-state index contributed by atoms with van der Waals surface area (Å²) in [6.45, 7) is 2.61. The lowest BCUT2D eigenvalue weighted by Crippen LogP contribution is -2.34. The molecule has 0 saturated heterocycles. The second-order valence-electron chi connectivity index (χ2n) is 5.28. The fourth-order valence-corrected chi connectivity index (χ4v) is 2.66. The van der Waals surface area contributed by atoms with Crippen LogP contribution in [0.1, 0.15) is 20.3 Å². The lowest BCUT2D eigenvalue weighted by Gasteiger charge is -2.17. The number of ether oxygens (including phenoxy) is 2. The van der Waals surface area contributed by atoms with Crippen LogP contribution in [-0.4, -0.2) is 52.5 Å². The van der Waals surface area contributed by atoms with E-state index in [1.807, 2.05) is 0 Å². The maximum absolute atomic E-state index is 12.2. The first-order valence-corrected chi connectivity index (χ1v) is 8.96. The minimum atomic E-state index is -4.04. The van der Waals surface area contributed by atoms with Gasteiger partial charge in [0.2, 0.25) is 5.91 Å². The normalized spacial score (nSPS) is 13.5. The number of anilines is 1. The lowest BCUT2D eigenvalue weighted by molar-refractivity contribution is -0.164. The summed E-state index contributed by atoms with van der Waals surface area (Å²) < 4.78 is 38.0. The van der Waals surface area contributed by atoms with Crippen LogP contribution in [0.25, 0.3) is 0 Å². The van der Waals surface area contributed by atoms with Crippen molar-refractivity contribution in [1.82, 2.24) is 0 Å². The maximum atomic E-state index is 12.2. The van der Waals surface area contributed by atoms with Crippen LogP contribution in [0.4, 0.5) is 5.69 Å². The van der Waals surface area contributed by atoms with Crippen molar-refractivity contribution >= 4 is 33.5 Å². The van der Waals surface area contributed by atoms with E-state index in [0.717, 1.165) is 7.11 Å². The molecule has 1 amide bonds. The number of para-hydroxylation sites is 1. The van der Waals surface area contributed by atoms with Crippen molar-refractivity contribution in [2.75, 3.05) is 19.5 Å². The molecule has 0 spiro atoms. The van der Waals surface area contributed by atoms with Gasteiger partial charge < -0.3 is 14.8 Å². The van der Waals surface area contributed by atoms with Crippen molar-refractivity contribution in [1.29, 1.82) is 0 Å². The number of carbonyl (C=O) groups excluding carboxylic acids is 3. The van der Waals surface area contributed by atoms with Crippen LogP contribution in [0.5, 0.6) is 0 Å². The molecule has 0 radical (unpaired) electrons. The summed E-state index contributed by atoms with van der Waals surface area (Å²) in [5, 5.41) is 2.38. The van der Waals surface area contributed by atoms with E-state index >= 15 is 0 Å². The van der Waals surface area contributed by atoms with Crippen molar-refractivity contribution in [3.63, 3.8) is 0 Å². The predicted molar refractivity (Wildman–Crippen MR) is 90.9 cm³/mol. The Morgan fingerprint density at radius 3 is 2.31 bits per heavy atom. The van der Waals surface area contributed by atoms with Gasteiger partial charge in [-0.05, 0) is 26.0 Å². The maximum Gasteiger partial charge on any atom is 0.335 e. The van der Waals surface area contributed by atoms with E-state index in [9.17, 15) is 22.8 Å². The first-order valence-electron chi connectivity index (χ1n) is 7.55. The zero-order valence-electron chi connectivity index (χ0n) is 14.8. The Balaban J connectivity index is 2.91. The van der Waals surface area contributed by atoms with E-state index in [-0.39, 0.29) is 10.6 Å². The van der Waals surface area contributed by atoms with Gasteiger partial charge in [-0.25, -0.2) is 4.79 Å². The molecule has 0 aromatic heterocycles. The number of nitrogens with one attached hydrogen (secondary N) is 1. The molecule has 0 saturated carbocycles. The zero-order chi connectivity index (χ0) is 19.9. The van der Waals surface area contributed by atoms with Gasteiger partial charge in [-0.1, -0.05) is 12.1 Å². The Morgan fingerprint density at radius 1 is 1.15 bits per heavy atom. The highest BCUT2D eigenvalue weighted by atomic mass is 32.2. The van der Waals surface area contributed by atoms with Gasteiger partial charge in [-0.3, -0.25) is 13.8 Å². The van der Waals surface area contributed by atoms with Gasteiger partial charge in [-0.2, -0.15) is 8.42 Å². The number of amides is 1. The number of rotatable bonds is 9. The molecular formula is C16H21NO8S. The SMILES string of the molecule is COC(C)C(=O)OC(CC(=O)Nc1ccccc1S(=O)(=O)OC)C(C)=O. The molecule has 9 nitrogen and oxygen atoms in total. The van der Waals surface area contributed by atoms with E-state index in [2.05, 4.69) is 9.50 Å². The lowest BCUT2D eigenvalue weighted by atomic mass is 10.1. The Kier molecular flexibility index (Phi) is 7.87. The van der Waals surface area contributed by atoms with Crippen molar-refractivity contribution in [2.24, 2.45) is 0 Å². The molecule has 0 aliphatic heterocycles. The van der Waals surface area contributed by atoms with Crippen LogP contribution < -0.4 is 5.32 Å². The second kappa shape index (κ2) is 9.41. The van der Waals surface area contributed by atoms with Crippen LogP contribution in [0, 0.1) is 0 Å². The van der Waals surface area contributed by atoms with E-state index in [0.29, 0.717) is 0 Å². The fourth-order valence-electron chi connectivity index (χ4n) is 1.85. The molecule has 1 rings (SSSR count). The van der Waals surface area contributed by atoms with Crippen LogP contribution >= 0.6 is 0 Å². The van der Waals surface area contributed by atoms with E-state index in [4.69, 9.17) is 9.47 Å². The third-order valence-electron chi connectivity index (χ3n) is 3.42. The molecule has 0 heterocycles. The third-order valence-corrected chi connectivity index (χ3v) is 4.75. The largest absolute Gasteiger partial charge is 0.452 e. The van der Waals surface area contributed by atoms with Gasteiger partial charge in [0.05, 0.1) is 19.2 Å². The molecule has 26 heavy (non-hydrogen) atoms. The number of Topliss-reactive ketones (excluding diaryl/α,β-unsaturated/α-hetero) is 1. The van der Waals surface area contributed by atoms with E-state index in [1.165, 1.54) is 45.2 Å². The molecule has 0 aliphatic carbocycles. The Hall–Kier alpha value is -2.30. The highest BCUT2D eigenvalue weighted by Gasteiger charge is 2.26. The topological polar surface area (TPSA) is 125 Å².